The van der Waals surface area contributed by atoms with Crippen LogP contribution in [-0.4, -0.2) is 17.6 Å². The lowest BCUT2D eigenvalue weighted by Crippen LogP contribution is -2.07. The lowest BCUT2D eigenvalue weighted by molar-refractivity contribution is 0.0520. The summed E-state index contributed by atoms with van der Waals surface area (Å²) in [6.45, 7) is 1.96. The van der Waals surface area contributed by atoms with Crippen molar-refractivity contribution in [2.45, 2.75) is 6.92 Å². The number of fused-ring (bicyclic) bond motifs is 1. The number of ether oxygens (including phenoxy) is 1. The predicted molar refractivity (Wildman–Crippen MR) is 85.2 cm³/mol. The number of carbonyl (C=O) groups is 1. The van der Waals surface area contributed by atoms with Gasteiger partial charge in [0.1, 0.15) is 29.6 Å². The molecule has 0 atom stereocenters. The molecular weight excluding hydrogens is 306 g/mol. The topological polar surface area (TPSA) is 123 Å². The molecule has 0 spiro atoms. The van der Waals surface area contributed by atoms with Gasteiger partial charge in [-0.2, -0.15) is 15.8 Å². The van der Waals surface area contributed by atoms with Crippen molar-refractivity contribution in [2.75, 3.05) is 11.9 Å². The minimum atomic E-state index is -0.522. The normalized spacial score (nSPS) is 9.25. The maximum Gasteiger partial charge on any atom is 0.356 e. The number of pyridine rings is 1. The fourth-order valence-corrected chi connectivity index (χ4v) is 2.00. The van der Waals surface area contributed by atoms with Gasteiger partial charge in [0.15, 0.2) is 5.57 Å². The van der Waals surface area contributed by atoms with Gasteiger partial charge in [-0.3, -0.25) is 0 Å². The number of esters is 1. The van der Waals surface area contributed by atoms with E-state index in [0.717, 1.165) is 0 Å². The van der Waals surface area contributed by atoms with Crippen LogP contribution in [0.4, 0.5) is 5.69 Å². The van der Waals surface area contributed by atoms with Gasteiger partial charge in [0.05, 0.1) is 12.1 Å². The highest BCUT2D eigenvalue weighted by Gasteiger charge is 2.12. The van der Waals surface area contributed by atoms with Gasteiger partial charge in [0, 0.05) is 11.1 Å². The van der Waals surface area contributed by atoms with Gasteiger partial charge in [-0.1, -0.05) is 6.07 Å². The van der Waals surface area contributed by atoms with Crippen molar-refractivity contribution in [3.63, 3.8) is 0 Å². The molecule has 0 bridgehead atoms. The number of nitrogens with zero attached hydrogens (tertiary/aromatic N) is 4. The van der Waals surface area contributed by atoms with Gasteiger partial charge in [0.2, 0.25) is 0 Å². The van der Waals surface area contributed by atoms with E-state index in [2.05, 4.69) is 10.3 Å². The molecule has 1 heterocycles. The van der Waals surface area contributed by atoms with Crippen molar-refractivity contribution in [1.29, 1.82) is 15.8 Å². The Kier molecular flexibility index (Phi) is 5.08. The Hall–Kier alpha value is -3.89. The SMILES string of the molecule is CCOC(=O)c1ccc2c(NC(C#N)=C(C#N)C#N)cccc2n1. The van der Waals surface area contributed by atoms with E-state index in [-0.39, 0.29) is 23.6 Å². The van der Waals surface area contributed by atoms with Gasteiger partial charge < -0.3 is 10.1 Å². The molecular formula is C17H11N5O2. The zero-order valence-corrected chi connectivity index (χ0v) is 12.7. The number of nitrogens with one attached hydrogen (secondary N) is 1. The van der Waals surface area contributed by atoms with Gasteiger partial charge in [-0.05, 0) is 31.2 Å². The number of carbonyl (C=O) groups excluding carboxylic acids is 1. The van der Waals surface area contributed by atoms with Crippen molar-refractivity contribution < 1.29 is 9.53 Å². The average Bonchev–Trinajstić information content (AvgIpc) is 2.61. The molecule has 1 aromatic heterocycles. The second kappa shape index (κ2) is 7.40. The molecule has 116 valence electrons. The zero-order chi connectivity index (χ0) is 17.5. The maximum atomic E-state index is 11.7. The molecule has 24 heavy (non-hydrogen) atoms. The van der Waals surface area contributed by atoms with Crippen molar-refractivity contribution in [3.8, 4) is 18.2 Å². The quantitative estimate of drug-likeness (QED) is 0.679. The highest BCUT2D eigenvalue weighted by Crippen LogP contribution is 2.24. The van der Waals surface area contributed by atoms with Crippen LogP contribution in [0.5, 0.6) is 0 Å². The minimum Gasteiger partial charge on any atom is -0.461 e. The number of benzene rings is 1. The molecule has 0 saturated carbocycles. The van der Waals surface area contributed by atoms with E-state index < -0.39 is 5.97 Å². The Morgan fingerprint density at radius 2 is 1.92 bits per heavy atom. The number of hydrogen-bond donors (Lipinski definition) is 1. The first-order valence-electron chi connectivity index (χ1n) is 6.93. The van der Waals surface area contributed by atoms with Crippen molar-refractivity contribution in [3.05, 3.63) is 47.3 Å². The second-order valence-corrected chi connectivity index (χ2v) is 4.50. The highest BCUT2D eigenvalue weighted by molar-refractivity contribution is 5.96. The number of aromatic nitrogens is 1. The zero-order valence-electron chi connectivity index (χ0n) is 12.7. The summed E-state index contributed by atoms with van der Waals surface area (Å²) in [4.78, 5) is 16.0. The molecule has 0 amide bonds. The van der Waals surface area contributed by atoms with E-state index in [1.807, 2.05) is 0 Å². The van der Waals surface area contributed by atoms with E-state index in [0.29, 0.717) is 16.6 Å². The van der Waals surface area contributed by atoms with E-state index in [1.54, 1.807) is 49.4 Å². The first kappa shape index (κ1) is 16.5. The number of allylic oxidation sites excluding steroid dienone is 2. The summed E-state index contributed by atoms with van der Waals surface area (Å²) >= 11 is 0. The molecule has 0 saturated heterocycles. The van der Waals surface area contributed by atoms with E-state index >= 15 is 0 Å². The number of anilines is 1. The molecule has 0 radical (unpaired) electrons. The number of nitriles is 3. The van der Waals surface area contributed by atoms with Crippen LogP contribution in [0.15, 0.2) is 41.6 Å². The monoisotopic (exact) mass is 317 g/mol. The third-order valence-electron chi connectivity index (χ3n) is 3.06. The Morgan fingerprint density at radius 3 is 2.54 bits per heavy atom. The summed E-state index contributed by atoms with van der Waals surface area (Å²) in [6.07, 6.45) is 0. The van der Waals surface area contributed by atoms with Crippen LogP contribution >= 0.6 is 0 Å². The average molecular weight is 317 g/mol. The summed E-state index contributed by atoms with van der Waals surface area (Å²) in [7, 11) is 0. The standard InChI is InChI=1S/C17H11N5O2/c1-2-24-17(23)15-7-6-12-13(21-15)4-3-5-14(12)22-16(10-20)11(8-18)9-19/h3-7,22H,2H2,1H3. The largest absolute Gasteiger partial charge is 0.461 e. The molecule has 7 heteroatoms. The van der Waals surface area contributed by atoms with Crippen LogP contribution in [-0.2, 0) is 4.74 Å². The third-order valence-corrected chi connectivity index (χ3v) is 3.06. The Balaban J connectivity index is 2.49. The highest BCUT2D eigenvalue weighted by atomic mass is 16.5. The fraction of sp³-hybridized carbons (Fsp3) is 0.118. The van der Waals surface area contributed by atoms with Crippen LogP contribution in [0, 0.1) is 34.0 Å². The van der Waals surface area contributed by atoms with Crippen molar-refractivity contribution in [1.82, 2.24) is 4.98 Å². The number of rotatable bonds is 4. The van der Waals surface area contributed by atoms with E-state index in [1.165, 1.54) is 6.07 Å². The minimum absolute atomic E-state index is 0.151. The lowest BCUT2D eigenvalue weighted by atomic mass is 10.1. The smallest absolute Gasteiger partial charge is 0.356 e. The van der Waals surface area contributed by atoms with Crippen LogP contribution < -0.4 is 5.32 Å². The molecule has 0 aliphatic heterocycles. The summed E-state index contributed by atoms with van der Waals surface area (Å²) < 4.78 is 4.91. The summed E-state index contributed by atoms with van der Waals surface area (Å²) in [5, 5.41) is 30.3. The summed E-state index contributed by atoms with van der Waals surface area (Å²) in [5.41, 5.74) is 0.716. The first-order chi connectivity index (χ1) is 11.6. The molecule has 7 nitrogen and oxygen atoms in total. The Labute approximate surface area is 138 Å². The molecule has 2 aromatic rings. The molecule has 0 unspecified atom stereocenters. The lowest BCUT2D eigenvalue weighted by Gasteiger charge is -2.09. The van der Waals surface area contributed by atoms with Gasteiger partial charge >= 0.3 is 5.97 Å². The van der Waals surface area contributed by atoms with Crippen molar-refractivity contribution >= 4 is 22.6 Å². The molecule has 0 aliphatic carbocycles. The molecule has 1 N–H and O–H groups in total. The van der Waals surface area contributed by atoms with E-state index in [9.17, 15) is 4.79 Å². The molecule has 1 aromatic carbocycles. The van der Waals surface area contributed by atoms with Crippen LogP contribution in [0.25, 0.3) is 10.9 Å². The van der Waals surface area contributed by atoms with Crippen LogP contribution in [0.1, 0.15) is 17.4 Å². The van der Waals surface area contributed by atoms with Gasteiger partial charge in [0.25, 0.3) is 0 Å². The molecule has 0 aliphatic rings. The second-order valence-electron chi connectivity index (χ2n) is 4.50. The van der Waals surface area contributed by atoms with Gasteiger partial charge in [-0.25, -0.2) is 9.78 Å². The first-order valence-corrected chi connectivity index (χ1v) is 6.93. The van der Waals surface area contributed by atoms with Crippen molar-refractivity contribution in [2.24, 2.45) is 0 Å². The summed E-state index contributed by atoms with van der Waals surface area (Å²) in [6, 6.07) is 13.4. The van der Waals surface area contributed by atoms with E-state index in [4.69, 9.17) is 20.5 Å². The van der Waals surface area contributed by atoms with Gasteiger partial charge in [-0.15, -0.1) is 0 Å². The molecule has 0 fully saturated rings. The Bertz CT molecular complexity index is 942. The molecule has 2 rings (SSSR count). The summed E-state index contributed by atoms with van der Waals surface area (Å²) in [5.74, 6) is -0.522. The maximum absolute atomic E-state index is 11.7. The fourth-order valence-electron chi connectivity index (χ4n) is 2.00. The van der Waals surface area contributed by atoms with Crippen LogP contribution in [0.3, 0.4) is 0 Å². The predicted octanol–water partition coefficient (Wildman–Crippen LogP) is 2.65. The third kappa shape index (κ3) is 3.30. The Morgan fingerprint density at radius 1 is 1.17 bits per heavy atom. The number of hydrogen-bond acceptors (Lipinski definition) is 7. The van der Waals surface area contributed by atoms with Crippen LogP contribution in [0.2, 0.25) is 0 Å².